The van der Waals surface area contributed by atoms with E-state index in [1.165, 1.54) is 0 Å². The topological polar surface area (TPSA) is 83.6 Å². The zero-order chi connectivity index (χ0) is 23.6. The van der Waals surface area contributed by atoms with Gasteiger partial charge in [-0.05, 0) is 23.8 Å². The maximum atomic E-state index is 13.4. The van der Waals surface area contributed by atoms with Crippen LogP contribution in [0.4, 0.5) is 5.69 Å². The summed E-state index contributed by atoms with van der Waals surface area (Å²) in [6, 6.07) is 29.7. The first-order chi connectivity index (χ1) is 17.3. The summed E-state index contributed by atoms with van der Waals surface area (Å²) < 4.78 is 0. The molecular formula is C29H21N5O. The van der Waals surface area contributed by atoms with E-state index in [0.29, 0.717) is 34.8 Å². The molecule has 6 nitrogen and oxygen atoms in total. The summed E-state index contributed by atoms with van der Waals surface area (Å²) in [6.07, 6.45) is 3.44. The molecule has 0 aliphatic heterocycles. The van der Waals surface area contributed by atoms with Crippen LogP contribution in [0, 0.1) is 0 Å². The molecule has 6 heteroatoms. The molecule has 0 saturated carbocycles. The number of rotatable bonds is 5. The molecule has 35 heavy (non-hydrogen) atoms. The summed E-state index contributed by atoms with van der Waals surface area (Å²) >= 11 is 0. The highest BCUT2D eigenvalue weighted by molar-refractivity contribution is 5.90. The van der Waals surface area contributed by atoms with Gasteiger partial charge in [0.15, 0.2) is 11.2 Å². The Labute approximate surface area is 201 Å². The molecule has 6 aromatic rings. The Hall–Kier alpha value is -4.84. The van der Waals surface area contributed by atoms with Crippen LogP contribution in [0.1, 0.15) is 5.56 Å². The van der Waals surface area contributed by atoms with Crippen molar-refractivity contribution in [3.05, 3.63) is 119 Å². The largest absolute Gasteiger partial charge is 0.377 e. The van der Waals surface area contributed by atoms with Crippen LogP contribution >= 0.6 is 0 Å². The van der Waals surface area contributed by atoms with Gasteiger partial charge in [0.05, 0.1) is 16.9 Å². The van der Waals surface area contributed by atoms with Gasteiger partial charge in [-0.15, -0.1) is 0 Å². The minimum Gasteiger partial charge on any atom is -0.377 e. The lowest BCUT2D eigenvalue weighted by Crippen LogP contribution is -2.14. The number of aromatic nitrogens is 4. The molecule has 0 radical (unpaired) electrons. The van der Waals surface area contributed by atoms with E-state index in [1.54, 1.807) is 12.4 Å². The fraction of sp³-hybridized carbons (Fsp3) is 0.0345. The van der Waals surface area contributed by atoms with Crippen molar-refractivity contribution in [3.63, 3.8) is 0 Å². The highest BCUT2D eigenvalue weighted by atomic mass is 16.1. The fourth-order valence-corrected chi connectivity index (χ4v) is 4.17. The summed E-state index contributed by atoms with van der Waals surface area (Å²) in [7, 11) is 0. The molecule has 0 bridgehead atoms. The van der Waals surface area contributed by atoms with Crippen LogP contribution in [0.3, 0.4) is 0 Å². The van der Waals surface area contributed by atoms with Crippen LogP contribution in [0.25, 0.3) is 44.6 Å². The van der Waals surface area contributed by atoms with Gasteiger partial charge in [0.2, 0.25) is 5.43 Å². The van der Waals surface area contributed by atoms with E-state index in [4.69, 9.17) is 9.97 Å². The number of hydrogen-bond acceptors (Lipinski definition) is 5. The molecule has 0 saturated heterocycles. The molecule has 0 fully saturated rings. The lowest BCUT2D eigenvalue weighted by Gasteiger charge is -2.12. The van der Waals surface area contributed by atoms with Crippen LogP contribution in [0.15, 0.2) is 108 Å². The predicted octanol–water partition coefficient (Wildman–Crippen LogP) is 5.81. The first kappa shape index (κ1) is 20.7. The Balaban J connectivity index is 1.51. The van der Waals surface area contributed by atoms with Crippen molar-refractivity contribution in [1.82, 2.24) is 19.9 Å². The number of nitrogens with zero attached hydrogens (tertiary/aromatic N) is 3. The van der Waals surface area contributed by atoms with Crippen molar-refractivity contribution in [2.45, 2.75) is 6.54 Å². The number of hydrogen-bond donors (Lipinski definition) is 2. The van der Waals surface area contributed by atoms with Gasteiger partial charge in [-0.2, -0.15) is 0 Å². The number of pyridine rings is 2. The van der Waals surface area contributed by atoms with Crippen molar-refractivity contribution < 1.29 is 0 Å². The average molecular weight is 456 g/mol. The Kier molecular flexibility index (Phi) is 5.24. The second-order valence-electron chi connectivity index (χ2n) is 8.27. The quantitative estimate of drug-likeness (QED) is 0.343. The predicted molar refractivity (Wildman–Crippen MR) is 140 cm³/mol. The number of anilines is 1. The third-order valence-corrected chi connectivity index (χ3v) is 5.96. The van der Waals surface area contributed by atoms with E-state index in [-0.39, 0.29) is 5.43 Å². The highest BCUT2D eigenvalue weighted by Gasteiger charge is 2.17. The maximum Gasteiger partial charge on any atom is 0.232 e. The summed E-state index contributed by atoms with van der Waals surface area (Å²) in [6.45, 7) is 0.537. The molecule has 0 unspecified atom stereocenters. The van der Waals surface area contributed by atoms with Crippen LogP contribution in [0.5, 0.6) is 0 Å². The number of aromatic amines is 1. The number of benzene rings is 3. The molecular weight excluding hydrogens is 434 g/mol. The van der Waals surface area contributed by atoms with Gasteiger partial charge in [0, 0.05) is 35.5 Å². The standard InChI is InChI=1S/C29H21N5O/c35-28-24(31-17-19-8-3-1-4-9-19)18-32-29-27(28)33-26(25(34-29)20-10-5-2-6-11-20)22-13-14-23-21(16-22)12-7-15-30-23/h1-16,18,31H,17H2,(H,32,34,35). The second kappa shape index (κ2) is 8.83. The summed E-state index contributed by atoms with van der Waals surface area (Å²) in [5.41, 5.74) is 6.16. The molecule has 3 aromatic heterocycles. The molecule has 6 rings (SSSR count). The summed E-state index contributed by atoms with van der Waals surface area (Å²) in [5, 5.41) is 4.23. The van der Waals surface area contributed by atoms with Crippen molar-refractivity contribution in [2.75, 3.05) is 5.32 Å². The molecule has 3 heterocycles. The van der Waals surface area contributed by atoms with Gasteiger partial charge < -0.3 is 10.3 Å². The average Bonchev–Trinajstić information content (AvgIpc) is 2.93. The van der Waals surface area contributed by atoms with Gasteiger partial charge in [-0.3, -0.25) is 9.78 Å². The molecule has 2 N–H and O–H groups in total. The lowest BCUT2D eigenvalue weighted by molar-refractivity contribution is 1.13. The minimum atomic E-state index is -0.189. The van der Waals surface area contributed by atoms with Crippen LogP contribution in [-0.2, 0) is 6.54 Å². The zero-order valence-electron chi connectivity index (χ0n) is 18.8. The van der Waals surface area contributed by atoms with Crippen molar-refractivity contribution in [3.8, 4) is 22.5 Å². The third-order valence-electron chi connectivity index (χ3n) is 5.96. The minimum absolute atomic E-state index is 0.189. The van der Waals surface area contributed by atoms with Gasteiger partial charge in [-0.1, -0.05) is 72.8 Å². The highest BCUT2D eigenvalue weighted by Crippen LogP contribution is 2.31. The fourth-order valence-electron chi connectivity index (χ4n) is 4.17. The SMILES string of the molecule is O=c1c(NCc2ccccc2)c[nH]c2nc(-c3ccccc3)c(-c3ccc4ncccc4c3)nc12. The smallest absolute Gasteiger partial charge is 0.232 e. The van der Waals surface area contributed by atoms with Crippen LogP contribution < -0.4 is 10.7 Å². The molecule has 3 aromatic carbocycles. The Morgan fingerprint density at radius 1 is 0.771 bits per heavy atom. The normalized spacial score (nSPS) is 11.1. The third kappa shape index (κ3) is 4.02. The monoisotopic (exact) mass is 455 g/mol. The Bertz CT molecular complexity index is 1710. The first-order valence-corrected chi connectivity index (χ1v) is 11.4. The first-order valence-electron chi connectivity index (χ1n) is 11.4. The Morgan fingerprint density at radius 2 is 1.54 bits per heavy atom. The van der Waals surface area contributed by atoms with Crippen LogP contribution in [0.2, 0.25) is 0 Å². The summed E-state index contributed by atoms with van der Waals surface area (Å²) in [5.74, 6) is 0. The summed E-state index contributed by atoms with van der Waals surface area (Å²) in [4.78, 5) is 30.7. The van der Waals surface area contributed by atoms with Gasteiger partial charge in [0.25, 0.3) is 0 Å². The second-order valence-corrected chi connectivity index (χ2v) is 8.27. The molecule has 0 aliphatic carbocycles. The van der Waals surface area contributed by atoms with E-state index in [0.717, 1.165) is 27.6 Å². The van der Waals surface area contributed by atoms with Crippen LogP contribution in [-0.4, -0.2) is 19.9 Å². The molecule has 0 atom stereocenters. The van der Waals surface area contributed by atoms with E-state index in [9.17, 15) is 4.79 Å². The Morgan fingerprint density at radius 3 is 2.37 bits per heavy atom. The number of fused-ring (bicyclic) bond motifs is 2. The van der Waals surface area contributed by atoms with Gasteiger partial charge in [-0.25, -0.2) is 9.97 Å². The zero-order valence-corrected chi connectivity index (χ0v) is 18.8. The van der Waals surface area contributed by atoms with Crippen molar-refractivity contribution in [2.24, 2.45) is 0 Å². The molecule has 0 aliphatic rings. The van der Waals surface area contributed by atoms with E-state index < -0.39 is 0 Å². The molecule has 0 amide bonds. The van der Waals surface area contributed by atoms with E-state index in [2.05, 4.69) is 15.3 Å². The van der Waals surface area contributed by atoms with E-state index in [1.807, 2.05) is 91.0 Å². The molecule has 168 valence electrons. The van der Waals surface area contributed by atoms with Crippen molar-refractivity contribution >= 4 is 27.8 Å². The van der Waals surface area contributed by atoms with E-state index >= 15 is 0 Å². The lowest BCUT2D eigenvalue weighted by atomic mass is 10.0. The number of nitrogens with one attached hydrogen (secondary N) is 2. The van der Waals surface area contributed by atoms with Gasteiger partial charge in [0.1, 0.15) is 5.69 Å². The maximum absolute atomic E-state index is 13.4. The molecule has 0 spiro atoms. The van der Waals surface area contributed by atoms with Gasteiger partial charge >= 0.3 is 0 Å². The number of H-pyrrole nitrogens is 1. The van der Waals surface area contributed by atoms with Crippen molar-refractivity contribution in [1.29, 1.82) is 0 Å².